The number of ketones is 2. The van der Waals surface area contributed by atoms with Crippen LogP contribution in [-0.2, 0) is 25.5 Å². The average Bonchev–Trinajstić information content (AvgIpc) is 2.61. The van der Waals surface area contributed by atoms with E-state index in [0.717, 1.165) is 28.5 Å². The number of carbonyl (C=O) groups is 3. The van der Waals surface area contributed by atoms with Crippen molar-refractivity contribution in [3.63, 3.8) is 0 Å². The molecule has 2 aromatic rings. The van der Waals surface area contributed by atoms with E-state index in [4.69, 9.17) is 4.74 Å². The van der Waals surface area contributed by atoms with Crippen molar-refractivity contribution in [1.82, 2.24) is 0 Å². The van der Waals surface area contributed by atoms with Crippen molar-refractivity contribution in [2.24, 2.45) is 0 Å². The molecule has 0 aliphatic rings. The van der Waals surface area contributed by atoms with Crippen LogP contribution in [0.25, 0.3) is 10.8 Å². The predicted molar refractivity (Wildman–Crippen MR) is 94.7 cm³/mol. The smallest absolute Gasteiger partial charge is 0.375 e. The number of esters is 1. The second-order valence-corrected chi connectivity index (χ2v) is 5.76. The van der Waals surface area contributed by atoms with Crippen LogP contribution < -0.4 is 4.74 Å². The molecular weight excluding hydrogens is 320 g/mol. The summed E-state index contributed by atoms with van der Waals surface area (Å²) in [6, 6.07) is 12.0. The summed E-state index contributed by atoms with van der Waals surface area (Å²) in [7, 11) is 1.64. The Bertz CT molecular complexity index is 779. The van der Waals surface area contributed by atoms with Crippen LogP contribution in [0.4, 0.5) is 0 Å². The molecule has 0 atom stereocenters. The van der Waals surface area contributed by atoms with Crippen molar-refractivity contribution in [2.45, 2.75) is 32.6 Å². The summed E-state index contributed by atoms with van der Waals surface area (Å²) in [4.78, 5) is 34.5. The number of rotatable bonds is 9. The quantitative estimate of drug-likeness (QED) is 0.397. The highest BCUT2D eigenvalue weighted by Crippen LogP contribution is 2.22. The minimum Gasteiger partial charge on any atom is -0.497 e. The van der Waals surface area contributed by atoms with E-state index in [9.17, 15) is 14.4 Å². The van der Waals surface area contributed by atoms with Gasteiger partial charge in [-0.1, -0.05) is 24.3 Å². The van der Waals surface area contributed by atoms with Gasteiger partial charge >= 0.3 is 5.97 Å². The first kappa shape index (κ1) is 18.6. The van der Waals surface area contributed by atoms with Gasteiger partial charge in [-0.25, -0.2) is 4.79 Å². The molecule has 0 amide bonds. The van der Waals surface area contributed by atoms with Gasteiger partial charge in [-0.3, -0.25) is 9.59 Å². The van der Waals surface area contributed by atoms with Crippen LogP contribution in [0.2, 0.25) is 0 Å². The number of Topliss-reactive ketones (excluding diaryl/α,β-unsaturated/α-hetero) is 2. The monoisotopic (exact) mass is 342 g/mol. The fourth-order valence-electron chi connectivity index (χ4n) is 2.60. The van der Waals surface area contributed by atoms with Crippen molar-refractivity contribution in [2.75, 3.05) is 13.7 Å². The molecule has 0 radical (unpaired) electrons. The lowest BCUT2D eigenvalue weighted by molar-refractivity contribution is -0.154. The molecule has 0 aromatic heterocycles. The molecule has 0 aliphatic heterocycles. The van der Waals surface area contributed by atoms with Crippen LogP contribution in [-0.4, -0.2) is 31.3 Å². The molecule has 0 bridgehead atoms. The van der Waals surface area contributed by atoms with Gasteiger partial charge < -0.3 is 9.47 Å². The van der Waals surface area contributed by atoms with Crippen LogP contribution in [0.15, 0.2) is 36.4 Å². The first-order chi connectivity index (χ1) is 12.0. The van der Waals surface area contributed by atoms with Crippen molar-refractivity contribution >= 4 is 28.3 Å². The first-order valence-corrected chi connectivity index (χ1v) is 8.31. The number of carbonyl (C=O) groups excluding carboxylic acids is 3. The Morgan fingerprint density at radius 2 is 1.72 bits per heavy atom. The first-order valence-electron chi connectivity index (χ1n) is 8.31. The van der Waals surface area contributed by atoms with Gasteiger partial charge in [0.1, 0.15) is 11.5 Å². The maximum absolute atomic E-state index is 11.8. The minimum atomic E-state index is -0.930. The summed E-state index contributed by atoms with van der Waals surface area (Å²) < 4.78 is 9.80. The van der Waals surface area contributed by atoms with Gasteiger partial charge in [-0.15, -0.1) is 0 Å². The third-order valence-electron chi connectivity index (χ3n) is 3.89. The molecule has 5 nitrogen and oxygen atoms in total. The summed E-state index contributed by atoms with van der Waals surface area (Å²) in [6.07, 6.45) is 1.26. The highest BCUT2D eigenvalue weighted by molar-refractivity contribution is 6.37. The van der Waals surface area contributed by atoms with Crippen molar-refractivity contribution < 1.29 is 23.9 Å². The lowest BCUT2D eigenvalue weighted by atomic mass is 10.0. The Hall–Kier alpha value is -2.69. The number of methoxy groups -OCH3 is 1. The Morgan fingerprint density at radius 3 is 2.44 bits per heavy atom. The number of fused-ring (bicyclic) bond motifs is 1. The van der Waals surface area contributed by atoms with Crippen LogP contribution in [0.1, 0.15) is 31.7 Å². The largest absolute Gasteiger partial charge is 0.497 e. The van der Waals surface area contributed by atoms with Crippen molar-refractivity contribution in [1.29, 1.82) is 0 Å². The molecule has 5 heteroatoms. The van der Waals surface area contributed by atoms with E-state index in [0.29, 0.717) is 6.42 Å². The van der Waals surface area contributed by atoms with Gasteiger partial charge in [-0.2, -0.15) is 0 Å². The van der Waals surface area contributed by atoms with Gasteiger partial charge in [0.25, 0.3) is 0 Å². The minimum absolute atomic E-state index is 0.132. The molecule has 2 aromatic carbocycles. The predicted octanol–water partition coefficient (Wildman–Crippen LogP) is 3.26. The van der Waals surface area contributed by atoms with E-state index < -0.39 is 11.8 Å². The van der Waals surface area contributed by atoms with E-state index in [1.807, 2.05) is 30.3 Å². The summed E-state index contributed by atoms with van der Waals surface area (Å²) in [5, 5.41) is 2.21. The van der Waals surface area contributed by atoms with Gasteiger partial charge in [0.2, 0.25) is 5.78 Å². The topological polar surface area (TPSA) is 69.7 Å². The number of aryl methyl sites for hydroxylation is 1. The molecule has 132 valence electrons. The molecule has 0 aliphatic carbocycles. The highest BCUT2D eigenvalue weighted by Gasteiger charge is 2.18. The summed E-state index contributed by atoms with van der Waals surface area (Å²) in [5.74, 6) is -1.12. The summed E-state index contributed by atoms with van der Waals surface area (Å²) in [5.41, 5.74) is 1.13. The average molecular weight is 342 g/mol. The Labute approximate surface area is 146 Å². The Kier molecular flexibility index (Phi) is 6.69. The van der Waals surface area contributed by atoms with E-state index in [2.05, 4.69) is 10.8 Å². The number of hydrogen-bond donors (Lipinski definition) is 0. The maximum atomic E-state index is 11.8. The SMILES string of the molecule is CCOC(=O)C(=O)CC(=O)CCCc1ccc2cc(OC)ccc2c1. The van der Waals surface area contributed by atoms with Gasteiger partial charge in [0, 0.05) is 6.42 Å². The molecule has 0 saturated heterocycles. The molecule has 0 saturated carbocycles. The number of benzene rings is 2. The Balaban J connectivity index is 1.85. The van der Waals surface area contributed by atoms with Crippen LogP contribution in [0.3, 0.4) is 0 Å². The van der Waals surface area contributed by atoms with Crippen LogP contribution in [0, 0.1) is 0 Å². The second kappa shape index (κ2) is 8.97. The van der Waals surface area contributed by atoms with Crippen molar-refractivity contribution in [3.8, 4) is 5.75 Å². The summed E-state index contributed by atoms with van der Waals surface area (Å²) >= 11 is 0. The molecule has 0 N–H and O–H groups in total. The third-order valence-corrected chi connectivity index (χ3v) is 3.89. The lowest BCUT2D eigenvalue weighted by Crippen LogP contribution is -2.20. The Morgan fingerprint density at radius 1 is 1.00 bits per heavy atom. The molecule has 2 rings (SSSR count). The zero-order chi connectivity index (χ0) is 18.2. The van der Waals surface area contributed by atoms with Gasteiger partial charge in [0.15, 0.2) is 0 Å². The summed E-state index contributed by atoms with van der Waals surface area (Å²) in [6.45, 7) is 1.75. The fourth-order valence-corrected chi connectivity index (χ4v) is 2.60. The van der Waals surface area contributed by atoms with E-state index in [1.165, 1.54) is 0 Å². The van der Waals surface area contributed by atoms with E-state index in [-0.39, 0.29) is 25.2 Å². The highest BCUT2D eigenvalue weighted by atomic mass is 16.5. The molecule has 25 heavy (non-hydrogen) atoms. The lowest BCUT2D eigenvalue weighted by Gasteiger charge is -2.06. The molecule has 0 fully saturated rings. The van der Waals surface area contributed by atoms with Gasteiger partial charge in [-0.05, 0) is 48.2 Å². The van der Waals surface area contributed by atoms with Crippen LogP contribution >= 0.6 is 0 Å². The molecule has 0 heterocycles. The van der Waals surface area contributed by atoms with E-state index >= 15 is 0 Å². The third kappa shape index (κ3) is 5.41. The number of ether oxygens (including phenoxy) is 2. The maximum Gasteiger partial charge on any atom is 0.375 e. The molecule has 0 spiro atoms. The number of hydrogen-bond acceptors (Lipinski definition) is 5. The molecule has 0 unspecified atom stereocenters. The second-order valence-electron chi connectivity index (χ2n) is 5.76. The normalized spacial score (nSPS) is 10.5. The zero-order valence-corrected chi connectivity index (χ0v) is 14.5. The van der Waals surface area contributed by atoms with Gasteiger partial charge in [0.05, 0.1) is 20.1 Å². The fraction of sp³-hybridized carbons (Fsp3) is 0.350. The standard InChI is InChI=1S/C20H22O5/c1-3-25-20(23)19(22)13-17(21)6-4-5-14-7-8-16-12-18(24-2)10-9-15(16)11-14/h7-12H,3-6,13H2,1-2H3. The zero-order valence-electron chi connectivity index (χ0n) is 14.5. The van der Waals surface area contributed by atoms with Crippen molar-refractivity contribution in [3.05, 3.63) is 42.0 Å². The van der Waals surface area contributed by atoms with E-state index in [1.54, 1.807) is 14.0 Å². The van der Waals surface area contributed by atoms with Crippen LogP contribution in [0.5, 0.6) is 5.75 Å². The molecular formula is C20H22O5.